The van der Waals surface area contributed by atoms with E-state index in [1.807, 2.05) is 12.3 Å². The Morgan fingerprint density at radius 2 is 2.44 bits per heavy atom. The van der Waals surface area contributed by atoms with E-state index < -0.39 is 6.10 Å². The Kier molecular flexibility index (Phi) is 3.78. The topological polar surface area (TPSA) is 78.0 Å². The summed E-state index contributed by atoms with van der Waals surface area (Å²) in [6.45, 7) is 3.80. The van der Waals surface area contributed by atoms with Crippen LogP contribution in [0.2, 0.25) is 0 Å². The van der Waals surface area contributed by atoms with E-state index in [9.17, 15) is 4.79 Å². The van der Waals surface area contributed by atoms with Crippen molar-refractivity contribution in [3.05, 3.63) is 28.3 Å². The standard InChI is InChI=1S/C12H15N3O2S/c1-7(16)4-14-12(17)10-3-9(5-13-10)11-6-18-8(2)15-11/h3,5-7,13,16H,4H2,1-2H3,(H,14,17)/t7-/m1/s1. The first-order valence-corrected chi connectivity index (χ1v) is 6.51. The summed E-state index contributed by atoms with van der Waals surface area (Å²) in [5.74, 6) is -0.228. The Morgan fingerprint density at radius 1 is 1.67 bits per heavy atom. The molecular weight excluding hydrogens is 250 g/mol. The van der Waals surface area contributed by atoms with Gasteiger partial charge in [0.05, 0.1) is 16.8 Å². The van der Waals surface area contributed by atoms with Crippen molar-refractivity contribution >= 4 is 17.2 Å². The van der Waals surface area contributed by atoms with Crippen molar-refractivity contribution in [1.29, 1.82) is 0 Å². The molecule has 0 aliphatic carbocycles. The molecule has 6 heteroatoms. The second-order valence-corrected chi connectivity index (χ2v) is 5.18. The van der Waals surface area contributed by atoms with Gasteiger partial charge in [0.15, 0.2) is 0 Å². The van der Waals surface area contributed by atoms with Gasteiger partial charge in [0.2, 0.25) is 0 Å². The fourth-order valence-electron chi connectivity index (χ4n) is 1.50. The van der Waals surface area contributed by atoms with Gasteiger partial charge >= 0.3 is 0 Å². The van der Waals surface area contributed by atoms with Gasteiger partial charge in [0, 0.05) is 23.7 Å². The number of aliphatic hydroxyl groups is 1. The van der Waals surface area contributed by atoms with Crippen LogP contribution in [-0.4, -0.2) is 33.6 Å². The van der Waals surface area contributed by atoms with E-state index in [1.165, 1.54) is 0 Å². The van der Waals surface area contributed by atoms with Gasteiger partial charge in [-0.1, -0.05) is 0 Å². The molecule has 2 aromatic rings. The largest absolute Gasteiger partial charge is 0.392 e. The quantitative estimate of drug-likeness (QED) is 0.785. The first-order chi connectivity index (χ1) is 8.56. The van der Waals surface area contributed by atoms with Gasteiger partial charge in [-0.05, 0) is 19.9 Å². The summed E-state index contributed by atoms with van der Waals surface area (Å²) in [5.41, 5.74) is 2.22. The molecule has 0 saturated heterocycles. The van der Waals surface area contributed by atoms with E-state index >= 15 is 0 Å². The molecule has 0 aliphatic heterocycles. The highest BCUT2D eigenvalue weighted by molar-refractivity contribution is 7.09. The van der Waals surface area contributed by atoms with Crippen LogP contribution in [0.3, 0.4) is 0 Å². The Labute approximate surface area is 109 Å². The molecule has 0 spiro atoms. The van der Waals surface area contributed by atoms with Gasteiger partial charge in [0.1, 0.15) is 5.69 Å². The van der Waals surface area contributed by atoms with Crippen LogP contribution in [0.15, 0.2) is 17.6 Å². The maximum absolute atomic E-state index is 11.7. The van der Waals surface area contributed by atoms with Crippen LogP contribution in [0.5, 0.6) is 0 Å². The lowest BCUT2D eigenvalue weighted by atomic mass is 10.2. The molecule has 0 unspecified atom stereocenters. The Balaban J connectivity index is 2.08. The number of hydrogen-bond donors (Lipinski definition) is 3. The number of rotatable bonds is 4. The van der Waals surface area contributed by atoms with Crippen LogP contribution in [-0.2, 0) is 0 Å². The molecule has 18 heavy (non-hydrogen) atoms. The number of aliphatic hydroxyl groups excluding tert-OH is 1. The van der Waals surface area contributed by atoms with Gasteiger partial charge in [-0.2, -0.15) is 0 Å². The van der Waals surface area contributed by atoms with Crippen LogP contribution >= 0.6 is 11.3 Å². The smallest absolute Gasteiger partial charge is 0.267 e. The van der Waals surface area contributed by atoms with E-state index in [1.54, 1.807) is 30.5 Å². The number of carbonyl (C=O) groups excluding carboxylic acids is 1. The lowest BCUT2D eigenvalue weighted by Crippen LogP contribution is -2.30. The molecule has 0 saturated carbocycles. The molecule has 5 nitrogen and oxygen atoms in total. The summed E-state index contributed by atoms with van der Waals surface area (Å²) in [4.78, 5) is 19.0. The Bertz CT molecular complexity index is 545. The summed E-state index contributed by atoms with van der Waals surface area (Å²) < 4.78 is 0. The van der Waals surface area contributed by atoms with Gasteiger partial charge in [-0.3, -0.25) is 4.79 Å². The van der Waals surface area contributed by atoms with E-state index in [2.05, 4.69) is 15.3 Å². The monoisotopic (exact) mass is 265 g/mol. The molecule has 2 rings (SSSR count). The van der Waals surface area contributed by atoms with Gasteiger partial charge in [0.25, 0.3) is 5.91 Å². The molecular formula is C12H15N3O2S. The van der Waals surface area contributed by atoms with Crippen LogP contribution in [0.25, 0.3) is 11.3 Å². The second kappa shape index (κ2) is 5.32. The molecule has 1 atom stereocenters. The van der Waals surface area contributed by atoms with Crippen molar-refractivity contribution < 1.29 is 9.90 Å². The molecule has 3 N–H and O–H groups in total. The molecule has 0 aliphatic rings. The molecule has 2 heterocycles. The third kappa shape index (κ3) is 2.96. The number of hydrogen-bond acceptors (Lipinski definition) is 4. The third-order valence-corrected chi connectivity index (χ3v) is 3.17. The number of aromatic amines is 1. The average Bonchev–Trinajstić information content (AvgIpc) is 2.93. The minimum absolute atomic E-state index is 0.228. The average molecular weight is 265 g/mol. The molecule has 0 bridgehead atoms. The lowest BCUT2D eigenvalue weighted by molar-refractivity contribution is 0.0919. The zero-order valence-corrected chi connectivity index (χ0v) is 11.0. The van der Waals surface area contributed by atoms with Crippen LogP contribution in [0.1, 0.15) is 22.4 Å². The Hall–Kier alpha value is -1.66. The molecule has 0 radical (unpaired) electrons. The summed E-state index contributed by atoms with van der Waals surface area (Å²) in [6, 6.07) is 1.76. The van der Waals surface area contributed by atoms with Crippen molar-refractivity contribution in [1.82, 2.24) is 15.3 Å². The number of carbonyl (C=O) groups is 1. The number of nitrogens with one attached hydrogen (secondary N) is 2. The van der Waals surface area contributed by atoms with Crippen molar-refractivity contribution in [2.24, 2.45) is 0 Å². The van der Waals surface area contributed by atoms with Crippen molar-refractivity contribution in [3.63, 3.8) is 0 Å². The number of aryl methyl sites for hydroxylation is 1. The predicted octanol–water partition coefficient (Wildman–Crippen LogP) is 1.56. The van der Waals surface area contributed by atoms with Gasteiger partial charge in [-0.15, -0.1) is 11.3 Å². The van der Waals surface area contributed by atoms with E-state index in [0.29, 0.717) is 5.69 Å². The van der Waals surface area contributed by atoms with Crippen LogP contribution in [0.4, 0.5) is 0 Å². The van der Waals surface area contributed by atoms with Gasteiger partial charge < -0.3 is 15.4 Å². The number of nitrogens with zero attached hydrogens (tertiary/aromatic N) is 1. The number of thiazole rings is 1. The minimum atomic E-state index is -0.551. The number of amides is 1. The summed E-state index contributed by atoms with van der Waals surface area (Å²) in [5, 5.41) is 14.7. The molecule has 1 amide bonds. The lowest BCUT2D eigenvalue weighted by Gasteiger charge is -2.05. The van der Waals surface area contributed by atoms with E-state index in [0.717, 1.165) is 16.3 Å². The number of aromatic nitrogens is 2. The highest BCUT2D eigenvalue weighted by Crippen LogP contribution is 2.22. The minimum Gasteiger partial charge on any atom is -0.392 e. The molecule has 96 valence electrons. The zero-order chi connectivity index (χ0) is 13.1. The highest BCUT2D eigenvalue weighted by Gasteiger charge is 2.11. The van der Waals surface area contributed by atoms with E-state index in [4.69, 9.17) is 5.11 Å². The first kappa shape index (κ1) is 12.8. The fraction of sp³-hybridized carbons (Fsp3) is 0.333. The van der Waals surface area contributed by atoms with Crippen molar-refractivity contribution in [3.8, 4) is 11.3 Å². The number of H-pyrrole nitrogens is 1. The highest BCUT2D eigenvalue weighted by atomic mass is 32.1. The van der Waals surface area contributed by atoms with Crippen LogP contribution in [0, 0.1) is 6.92 Å². The van der Waals surface area contributed by atoms with Gasteiger partial charge in [-0.25, -0.2) is 4.98 Å². The summed E-state index contributed by atoms with van der Waals surface area (Å²) >= 11 is 1.57. The maximum Gasteiger partial charge on any atom is 0.267 e. The maximum atomic E-state index is 11.7. The van der Waals surface area contributed by atoms with Crippen molar-refractivity contribution in [2.45, 2.75) is 20.0 Å². The van der Waals surface area contributed by atoms with Crippen molar-refractivity contribution in [2.75, 3.05) is 6.54 Å². The SMILES string of the molecule is Cc1nc(-c2c[nH]c(C(=O)NC[C@@H](C)O)c2)cs1. The Morgan fingerprint density at radius 3 is 3.06 bits per heavy atom. The first-order valence-electron chi connectivity index (χ1n) is 5.63. The van der Waals surface area contributed by atoms with Crippen LogP contribution < -0.4 is 5.32 Å². The predicted molar refractivity (Wildman–Crippen MR) is 70.7 cm³/mol. The summed E-state index contributed by atoms with van der Waals surface area (Å²) in [7, 11) is 0. The fourth-order valence-corrected chi connectivity index (χ4v) is 2.13. The second-order valence-electron chi connectivity index (χ2n) is 4.11. The third-order valence-electron chi connectivity index (χ3n) is 2.40. The summed E-state index contributed by atoms with van der Waals surface area (Å²) in [6.07, 6.45) is 1.20. The van der Waals surface area contributed by atoms with E-state index in [-0.39, 0.29) is 12.5 Å². The molecule has 0 aromatic carbocycles. The molecule has 0 fully saturated rings. The zero-order valence-electron chi connectivity index (χ0n) is 10.2. The molecule has 2 aromatic heterocycles. The normalized spacial score (nSPS) is 12.4.